The maximum absolute atomic E-state index is 13.4. The quantitative estimate of drug-likeness (QED) is 0.297. The van der Waals surface area contributed by atoms with Crippen molar-refractivity contribution < 1.29 is 14.3 Å². The van der Waals surface area contributed by atoms with E-state index in [1.165, 1.54) is 18.4 Å². The zero-order chi connectivity index (χ0) is 27.2. The first-order chi connectivity index (χ1) is 19.1. The van der Waals surface area contributed by atoms with Gasteiger partial charge in [-0.15, -0.1) is 0 Å². The summed E-state index contributed by atoms with van der Waals surface area (Å²) in [6, 6.07) is 26.7. The number of fused-ring (bicyclic) bond motifs is 1. The van der Waals surface area contributed by atoms with E-state index in [9.17, 15) is 10.1 Å². The largest absolute Gasteiger partial charge is 0.493 e. The van der Waals surface area contributed by atoms with Gasteiger partial charge in [0.25, 0.3) is 0 Å². The Balaban J connectivity index is 1.34. The minimum atomic E-state index is -0.317. The predicted molar refractivity (Wildman–Crippen MR) is 155 cm³/mol. The molecule has 1 fully saturated rings. The number of hydrogen-bond acceptors (Lipinski definition) is 6. The number of rotatable bonds is 9. The van der Waals surface area contributed by atoms with E-state index in [1.54, 1.807) is 23.8 Å². The minimum absolute atomic E-state index is 0.0223. The standard InChI is InChI=1S/C32H33N3O3S/c1-3-4-8-23-11-14-26(15-12-23)34-21-35-31(36)18-27(28(19-33)32(35)39-22-34)25-13-16-29(30(17-25)37-2)38-20-24-9-6-5-7-10-24/h5-7,9-17,27H,3-4,8,18,20-22H2,1-2H3/t27-/m1/s1. The van der Waals surface area contributed by atoms with Crippen LogP contribution in [0.5, 0.6) is 11.5 Å². The number of unbranched alkanes of at least 4 members (excludes halogenated alkanes) is 1. The Labute approximate surface area is 234 Å². The van der Waals surface area contributed by atoms with Crippen LogP contribution < -0.4 is 14.4 Å². The molecule has 3 aromatic carbocycles. The van der Waals surface area contributed by atoms with Crippen LogP contribution in [-0.2, 0) is 17.8 Å². The Bertz CT molecular complexity index is 1380. The van der Waals surface area contributed by atoms with Crippen molar-refractivity contribution in [2.24, 2.45) is 0 Å². The lowest BCUT2D eigenvalue weighted by Crippen LogP contribution is -2.47. The summed E-state index contributed by atoms with van der Waals surface area (Å²) in [6.45, 7) is 3.08. The van der Waals surface area contributed by atoms with Crippen LogP contribution in [0.2, 0.25) is 0 Å². The molecular weight excluding hydrogens is 506 g/mol. The molecular formula is C32H33N3O3S. The van der Waals surface area contributed by atoms with E-state index in [-0.39, 0.29) is 18.2 Å². The number of ether oxygens (including phenoxy) is 2. The smallest absolute Gasteiger partial charge is 0.229 e. The first-order valence-corrected chi connectivity index (χ1v) is 14.4. The summed E-state index contributed by atoms with van der Waals surface area (Å²) < 4.78 is 11.6. The monoisotopic (exact) mass is 539 g/mol. The van der Waals surface area contributed by atoms with E-state index in [1.807, 2.05) is 48.5 Å². The Morgan fingerprint density at radius 3 is 2.54 bits per heavy atom. The molecule has 1 saturated heterocycles. The molecule has 0 N–H and O–H groups in total. The first kappa shape index (κ1) is 26.7. The summed E-state index contributed by atoms with van der Waals surface area (Å²) in [5.41, 5.74) is 5.00. The summed E-state index contributed by atoms with van der Waals surface area (Å²) >= 11 is 1.55. The van der Waals surface area contributed by atoms with Crippen LogP contribution >= 0.6 is 11.8 Å². The maximum atomic E-state index is 13.4. The Hall–Kier alpha value is -3.89. The Morgan fingerprint density at radius 1 is 1.03 bits per heavy atom. The zero-order valence-corrected chi connectivity index (χ0v) is 23.2. The number of nitrogens with zero attached hydrogens (tertiary/aromatic N) is 3. The van der Waals surface area contributed by atoms with Gasteiger partial charge in [-0.1, -0.05) is 73.6 Å². The van der Waals surface area contributed by atoms with Crippen LogP contribution in [0.1, 0.15) is 48.8 Å². The van der Waals surface area contributed by atoms with Crippen molar-refractivity contribution in [2.75, 3.05) is 24.6 Å². The molecule has 2 heterocycles. The van der Waals surface area contributed by atoms with Crippen molar-refractivity contribution in [2.45, 2.75) is 45.1 Å². The molecule has 3 aromatic rings. The molecule has 0 saturated carbocycles. The highest BCUT2D eigenvalue weighted by molar-refractivity contribution is 8.03. The SMILES string of the molecule is CCCCc1ccc(N2CSC3=C(C#N)[C@@H](c4ccc(OCc5ccccc5)c(OC)c4)CC(=O)N3C2)cc1. The number of anilines is 1. The van der Waals surface area contributed by atoms with E-state index >= 15 is 0 Å². The fraction of sp³-hybridized carbons (Fsp3) is 0.312. The average Bonchev–Trinajstić information content (AvgIpc) is 2.99. The second-order valence-electron chi connectivity index (χ2n) is 9.82. The second kappa shape index (κ2) is 12.3. The van der Waals surface area contributed by atoms with E-state index in [4.69, 9.17) is 9.47 Å². The minimum Gasteiger partial charge on any atom is -0.493 e. The van der Waals surface area contributed by atoms with Gasteiger partial charge >= 0.3 is 0 Å². The molecule has 0 aliphatic carbocycles. The number of nitriles is 1. The molecule has 0 bridgehead atoms. The van der Waals surface area contributed by atoms with Crippen LogP contribution in [0.15, 0.2) is 83.4 Å². The number of allylic oxidation sites excluding steroid dienone is 1. The number of methoxy groups -OCH3 is 1. The molecule has 6 nitrogen and oxygen atoms in total. The Morgan fingerprint density at radius 2 is 1.82 bits per heavy atom. The van der Waals surface area contributed by atoms with Crippen LogP contribution in [-0.4, -0.2) is 30.5 Å². The average molecular weight is 540 g/mol. The molecule has 0 aromatic heterocycles. The van der Waals surface area contributed by atoms with Gasteiger partial charge < -0.3 is 14.4 Å². The van der Waals surface area contributed by atoms with Gasteiger partial charge in [-0.3, -0.25) is 9.69 Å². The van der Waals surface area contributed by atoms with Gasteiger partial charge in [-0.2, -0.15) is 5.26 Å². The van der Waals surface area contributed by atoms with E-state index in [0.717, 1.165) is 28.3 Å². The van der Waals surface area contributed by atoms with E-state index < -0.39 is 0 Å². The molecule has 2 aliphatic heterocycles. The summed E-state index contributed by atoms with van der Waals surface area (Å²) in [6.07, 6.45) is 3.69. The van der Waals surface area contributed by atoms with Crippen molar-refractivity contribution in [3.63, 3.8) is 0 Å². The van der Waals surface area contributed by atoms with Crippen molar-refractivity contribution in [3.05, 3.63) is 100 Å². The molecule has 1 atom stereocenters. The van der Waals surface area contributed by atoms with Crippen molar-refractivity contribution in [1.82, 2.24) is 4.90 Å². The third-order valence-electron chi connectivity index (χ3n) is 7.24. The molecule has 7 heteroatoms. The van der Waals surface area contributed by atoms with Gasteiger partial charge in [-0.25, -0.2) is 0 Å². The fourth-order valence-electron chi connectivity index (χ4n) is 5.02. The lowest BCUT2D eigenvalue weighted by Gasteiger charge is -2.42. The summed E-state index contributed by atoms with van der Waals surface area (Å²) in [7, 11) is 1.60. The van der Waals surface area contributed by atoms with E-state index in [2.05, 4.69) is 42.2 Å². The number of aryl methyl sites for hydroxylation is 1. The molecule has 5 rings (SSSR count). The lowest BCUT2D eigenvalue weighted by atomic mass is 9.86. The van der Waals surface area contributed by atoms with Crippen molar-refractivity contribution in [3.8, 4) is 17.6 Å². The summed E-state index contributed by atoms with van der Waals surface area (Å²) in [5, 5.41) is 11.0. The lowest BCUT2D eigenvalue weighted by molar-refractivity contribution is -0.129. The molecule has 1 amide bonds. The first-order valence-electron chi connectivity index (χ1n) is 13.4. The van der Waals surface area contributed by atoms with Gasteiger partial charge in [-0.05, 0) is 53.8 Å². The van der Waals surface area contributed by atoms with Gasteiger partial charge in [0.1, 0.15) is 6.61 Å². The molecule has 0 unspecified atom stereocenters. The topological polar surface area (TPSA) is 65.8 Å². The highest BCUT2D eigenvalue weighted by Gasteiger charge is 2.38. The van der Waals surface area contributed by atoms with Crippen molar-refractivity contribution in [1.29, 1.82) is 5.26 Å². The number of amides is 1. The normalized spacial score (nSPS) is 17.1. The van der Waals surface area contributed by atoms with Gasteiger partial charge in [0, 0.05) is 18.0 Å². The highest BCUT2D eigenvalue weighted by Crippen LogP contribution is 2.44. The predicted octanol–water partition coefficient (Wildman–Crippen LogP) is 6.84. The fourth-order valence-corrected chi connectivity index (χ4v) is 6.19. The third kappa shape index (κ3) is 5.91. The Kier molecular flexibility index (Phi) is 8.43. The highest BCUT2D eigenvalue weighted by atomic mass is 32.2. The molecule has 0 radical (unpaired) electrons. The van der Waals surface area contributed by atoms with Gasteiger partial charge in [0.15, 0.2) is 11.5 Å². The van der Waals surface area contributed by atoms with Gasteiger partial charge in [0.2, 0.25) is 5.91 Å². The van der Waals surface area contributed by atoms with Gasteiger partial charge in [0.05, 0.1) is 36.3 Å². The van der Waals surface area contributed by atoms with Crippen molar-refractivity contribution >= 4 is 23.4 Å². The number of carbonyl (C=O) groups excluding carboxylic acids is 1. The molecule has 39 heavy (non-hydrogen) atoms. The van der Waals surface area contributed by atoms with E-state index in [0.29, 0.717) is 36.2 Å². The zero-order valence-electron chi connectivity index (χ0n) is 22.4. The van der Waals surface area contributed by atoms with Crippen LogP contribution in [0.25, 0.3) is 0 Å². The molecule has 0 spiro atoms. The van der Waals surface area contributed by atoms with Crippen LogP contribution in [0.3, 0.4) is 0 Å². The van der Waals surface area contributed by atoms with Crippen LogP contribution in [0.4, 0.5) is 5.69 Å². The molecule has 200 valence electrons. The summed E-state index contributed by atoms with van der Waals surface area (Å²) in [5.74, 6) is 1.60. The second-order valence-corrected chi connectivity index (χ2v) is 10.8. The number of benzene rings is 3. The third-order valence-corrected chi connectivity index (χ3v) is 8.40. The maximum Gasteiger partial charge on any atom is 0.229 e. The molecule has 2 aliphatic rings. The van der Waals surface area contributed by atoms with Crippen LogP contribution in [0, 0.1) is 11.3 Å². The summed E-state index contributed by atoms with van der Waals surface area (Å²) in [4.78, 5) is 17.3. The number of thioether (sulfide) groups is 1. The number of carbonyl (C=O) groups is 1. The number of hydrogen-bond donors (Lipinski definition) is 0.